The third-order valence-corrected chi connectivity index (χ3v) is 3.91. The quantitative estimate of drug-likeness (QED) is 0.671. The first-order valence-electron chi connectivity index (χ1n) is 6.76. The molecular formula is C14H21N3O2. The van der Waals surface area contributed by atoms with Crippen molar-refractivity contribution in [2.45, 2.75) is 32.7 Å². The van der Waals surface area contributed by atoms with Crippen LogP contribution < -0.4 is 10.2 Å². The van der Waals surface area contributed by atoms with Gasteiger partial charge < -0.3 is 10.2 Å². The maximum atomic E-state index is 11.4. The fourth-order valence-corrected chi connectivity index (χ4v) is 2.92. The average Bonchev–Trinajstić information content (AvgIpc) is 2.37. The van der Waals surface area contributed by atoms with Crippen LogP contribution in [-0.2, 0) is 0 Å². The van der Waals surface area contributed by atoms with Crippen molar-refractivity contribution in [3.63, 3.8) is 0 Å². The number of nitrogens with zero attached hydrogens (tertiary/aromatic N) is 2. The molecule has 5 nitrogen and oxygen atoms in total. The number of nitro groups is 1. The van der Waals surface area contributed by atoms with Gasteiger partial charge in [-0.3, -0.25) is 10.1 Å². The molecule has 1 aliphatic heterocycles. The van der Waals surface area contributed by atoms with Crippen LogP contribution >= 0.6 is 0 Å². The fraction of sp³-hybridized carbons (Fsp3) is 0.571. The highest BCUT2D eigenvalue weighted by Crippen LogP contribution is 2.38. The summed E-state index contributed by atoms with van der Waals surface area (Å²) in [6.45, 7) is 5.27. The van der Waals surface area contributed by atoms with E-state index in [0.29, 0.717) is 17.6 Å². The van der Waals surface area contributed by atoms with Gasteiger partial charge in [0.15, 0.2) is 0 Å². The van der Waals surface area contributed by atoms with E-state index in [1.165, 1.54) is 0 Å². The Morgan fingerprint density at radius 1 is 1.42 bits per heavy atom. The van der Waals surface area contributed by atoms with Gasteiger partial charge in [0.25, 0.3) is 0 Å². The van der Waals surface area contributed by atoms with E-state index < -0.39 is 0 Å². The molecule has 0 amide bonds. The van der Waals surface area contributed by atoms with Crippen molar-refractivity contribution in [1.29, 1.82) is 0 Å². The van der Waals surface area contributed by atoms with Gasteiger partial charge >= 0.3 is 5.69 Å². The number of hydrogen-bond acceptors (Lipinski definition) is 4. The molecule has 1 saturated heterocycles. The summed E-state index contributed by atoms with van der Waals surface area (Å²) in [4.78, 5) is 13.2. The van der Waals surface area contributed by atoms with Crippen LogP contribution in [0.4, 0.5) is 17.1 Å². The van der Waals surface area contributed by atoms with E-state index in [0.717, 1.165) is 25.1 Å². The largest absolute Gasteiger partial charge is 0.382 e. The Kier molecular flexibility index (Phi) is 3.93. The Hall–Kier alpha value is -1.78. The number of piperidine rings is 1. The molecule has 5 heteroatoms. The van der Waals surface area contributed by atoms with Crippen molar-refractivity contribution in [2.75, 3.05) is 23.8 Å². The zero-order valence-corrected chi connectivity index (χ0v) is 11.7. The van der Waals surface area contributed by atoms with Crippen molar-refractivity contribution in [3.05, 3.63) is 28.3 Å². The molecule has 19 heavy (non-hydrogen) atoms. The molecule has 1 fully saturated rings. The van der Waals surface area contributed by atoms with Crippen LogP contribution in [0.5, 0.6) is 0 Å². The molecule has 1 N–H and O–H groups in total. The van der Waals surface area contributed by atoms with Gasteiger partial charge in [-0.15, -0.1) is 0 Å². The number of para-hydroxylation sites is 1. The summed E-state index contributed by atoms with van der Waals surface area (Å²) in [7, 11) is 1.72. The Morgan fingerprint density at radius 2 is 2.16 bits per heavy atom. The lowest BCUT2D eigenvalue weighted by molar-refractivity contribution is -0.383. The van der Waals surface area contributed by atoms with Gasteiger partial charge in [0.1, 0.15) is 11.4 Å². The number of benzene rings is 1. The van der Waals surface area contributed by atoms with Gasteiger partial charge in [-0.05, 0) is 37.8 Å². The maximum Gasteiger partial charge on any atom is 0.315 e. The van der Waals surface area contributed by atoms with Crippen LogP contribution in [0.1, 0.15) is 26.7 Å². The molecular weight excluding hydrogens is 242 g/mol. The molecule has 2 rings (SSSR count). The topological polar surface area (TPSA) is 58.4 Å². The second kappa shape index (κ2) is 5.47. The molecule has 104 valence electrons. The monoisotopic (exact) mass is 263 g/mol. The number of nitrogens with one attached hydrogen (secondary N) is 1. The third-order valence-electron chi connectivity index (χ3n) is 3.91. The third kappa shape index (κ3) is 2.64. The number of rotatable bonds is 3. The molecule has 0 spiro atoms. The zero-order chi connectivity index (χ0) is 14.0. The second-order valence-electron chi connectivity index (χ2n) is 5.35. The van der Waals surface area contributed by atoms with E-state index >= 15 is 0 Å². The smallest absolute Gasteiger partial charge is 0.315 e. The summed E-state index contributed by atoms with van der Waals surface area (Å²) < 4.78 is 0. The van der Waals surface area contributed by atoms with Crippen LogP contribution in [0.2, 0.25) is 0 Å². The fourth-order valence-electron chi connectivity index (χ4n) is 2.92. The highest BCUT2D eigenvalue weighted by molar-refractivity contribution is 5.77. The van der Waals surface area contributed by atoms with Crippen molar-refractivity contribution in [3.8, 4) is 0 Å². The molecule has 0 aliphatic carbocycles. The zero-order valence-electron chi connectivity index (χ0n) is 11.7. The Morgan fingerprint density at radius 3 is 2.74 bits per heavy atom. The summed E-state index contributed by atoms with van der Waals surface area (Å²) in [6.07, 6.45) is 2.17. The Balaban J connectivity index is 2.41. The lowest BCUT2D eigenvalue weighted by Gasteiger charge is -2.38. The van der Waals surface area contributed by atoms with Gasteiger partial charge in [0.2, 0.25) is 0 Å². The van der Waals surface area contributed by atoms with Crippen molar-refractivity contribution in [1.82, 2.24) is 0 Å². The van der Waals surface area contributed by atoms with Crippen LogP contribution in [0, 0.1) is 16.0 Å². The average molecular weight is 263 g/mol. The van der Waals surface area contributed by atoms with Crippen molar-refractivity contribution < 1.29 is 4.92 Å². The predicted molar refractivity (Wildman–Crippen MR) is 77.8 cm³/mol. The highest BCUT2D eigenvalue weighted by atomic mass is 16.6. The molecule has 2 atom stereocenters. The SMILES string of the molecule is CNc1cccc(N2CCC(C)CC2C)c1[N+](=O)[O-]. The molecule has 1 aliphatic rings. The maximum absolute atomic E-state index is 11.4. The van der Waals surface area contributed by atoms with E-state index in [2.05, 4.69) is 24.1 Å². The standard InChI is InChI=1S/C14H21N3O2/c1-10-7-8-16(11(2)9-10)13-6-4-5-12(15-3)14(13)17(18)19/h4-6,10-11,15H,7-9H2,1-3H3. The first kappa shape index (κ1) is 13.6. The first-order chi connectivity index (χ1) is 9.04. The lowest BCUT2D eigenvalue weighted by Crippen LogP contribution is -2.40. The molecule has 1 aromatic rings. The normalized spacial score (nSPS) is 23.2. The van der Waals surface area contributed by atoms with Gasteiger partial charge in [-0.2, -0.15) is 0 Å². The molecule has 2 unspecified atom stereocenters. The minimum atomic E-state index is -0.286. The highest BCUT2D eigenvalue weighted by Gasteiger charge is 2.29. The Labute approximate surface area is 113 Å². The van der Waals surface area contributed by atoms with Crippen molar-refractivity contribution in [2.24, 2.45) is 5.92 Å². The lowest BCUT2D eigenvalue weighted by atomic mass is 9.92. The predicted octanol–water partition coefficient (Wildman–Crippen LogP) is 3.26. The van der Waals surface area contributed by atoms with Crippen molar-refractivity contribution >= 4 is 17.1 Å². The molecule has 1 aromatic carbocycles. The van der Waals surface area contributed by atoms with Gasteiger partial charge in [-0.25, -0.2) is 0 Å². The van der Waals surface area contributed by atoms with Gasteiger partial charge in [0.05, 0.1) is 4.92 Å². The molecule has 0 saturated carbocycles. The van der Waals surface area contributed by atoms with Crippen LogP contribution in [0.3, 0.4) is 0 Å². The number of hydrogen-bond donors (Lipinski definition) is 1. The van der Waals surface area contributed by atoms with Gasteiger partial charge in [-0.1, -0.05) is 13.0 Å². The summed E-state index contributed by atoms with van der Waals surface area (Å²) in [5, 5.41) is 14.3. The summed E-state index contributed by atoms with van der Waals surface area (Å²) in [5.74, 6) is 0.692. The Bertz CT molecular complexity index is 476. The van der Waals surface area contributed by atoms with Crippen LogP contribution in [0.15, 0.2) is 18.2 Å². The second-order valence-corrected chi connectivity index (χ2v) is 5.35. The summed E-state index contributed by atoms with van der Waals surface area (Å²) >= 11 is 0. The first-order valence-corrected chi connectivity index (χ1v) is 6.76. The number of anilines is 2. The molecule has 0 radical (unpaired) electrons. The summed E-state index contributed by atoms with van der Waals surface area (Å²) in [5.41, 5.74) is 1.50. The van der Waals surface area contributed by atoms with E-state index in [1.54, 1.807) is 13.1 Å². The van der Waals surface area contributed by atoms with E-state index in [1.807, 2.05) is 12.1 Å². The minimum Gasteiger partial charge on any atom is -0.382 e. The summed E-state index contributed by atoms with van der Waals surface area (Å²) in [6, 6.07) is 5.82. The van der Waals surface area contributed by atoms with E-state index in [9.17, 15) is 10.1 Å². The molecule has 0 aromatic heterocycles. The van der Waals surface area contributed by atoms with E-state index in [-0.39, 0.29) is 10.6 Å². The molecule has 0 bridgehead atoms. The van der Waals surface area contributed by atoms with Crippen LogP contribution in [0.25, 0.3) is 0 Å². The minimum absolute atomic E-state index is 0.186. The molecule has 1 heterocycles. The van der Waals surface area contributed by atoms with Crippen LogP contribution in [-0.4, -0.2) is 24.6 Å². The number of nitro benzene ring substituents is 1. The van der Waals surface area contributed by atoms with Gasteiger partial charge in [0, 0.05) is 19.6 Å². The van der Waals surface area contributed by atoms with E-state index in [4.69, 9.17) is 0 Å².